The Hall–Kier alpha value is -1.45. The van der Waals surface area contributed by atoms with E-state index in [4.69, 9.17) is 0 Å². The van der Waals surface area contributed by atoms with Crippen LogP contribution in [0.3, 0.4) is 0 Å². The van der Waals surface area contributed by atoms with Crippen LogP contribution in [-0.2, 0) is 0 Å². The molecule has 3 heteroatoms. The summed E-state index contributed by atoms with van der Waals surface area (Å²) >= 11 is 1.71. The Kier molecular flexibility index (Phi) is 4.67. The van der Waals surface area contributed by atoms with E-state index in [2.05, 4.69) is 36.5 Å². The number of halogens is 1. The molecule has 0 spiro atoms. The summed E-state index contributed by atoms with van der Waals surface area (Å²) in [6, 6.07) is 10.8. The van der Waals surface area contributed by atoms with E-state index in [1.165, 1.54) is 17.0 Å². The lowest BCUT2D eigenvalue weighted by molar-refractivity contribution is 0.628. The average molecular weight is 261 g/mol. The van der Waals surface area contributed by atoms with Crippen molar-refractivity contribution in [2.45, 2.75) is 6.92 Å². The number of likely N-dealkylation sites (N-methyl/N-ethyl adjacent to an activating group) is 1. The molecule has 0 aliphatic carbocycles. The number of benzene rings is 1. The van der Waals surface area contributed by atoms with Crippen molar-refractivity contribution in [2.24, 2.45) is 0 Å². The number of hydrogen-bond acceptors (Lipinski definition) is 2. The van der Waals surface area contributed by atoms with Crippen LogP contribution in [0.2, 0.25) is 0 Å². The van der Waals surface area contributed by atoms with Crippen molar-refractivity contribution in [1.82, 2.24) is 5.32 Å². The molecule has 0 saturated heterocycles. The molecule has 0 bridgehead atoms. The third-order valence-corrected chi connectivity index (χ3v) is 3.65. The van der Waals surface area contributed by atoms with Gasteiger partial charge in [0, 0.05) is 16.3 Å². The van der Waals surface area contributed by atoms with Gasteiger partial charge in [0.1, 0.15) is 5.82 Å². The minimum Gasteiger partial charge on any atom is -0.314 e. The minimum atomic E-state index is -0.193. The average Bonchev–Trinajstić information content (AvgIpc) is 2.84. The smallest absolute Gasteiger partial charge is 0.123 e. The van der Waals surface area contributed by atoms with Gasteiger partial charge >= 0.3 is 0 Å². The molecule has 94 valence electrons. The van der Waals surface area contributed by atoms with Crippen LogP contribution in [0.1, 0.15) is 11.8 Å². The molecule has 0 atom stereocenters. The van der Waals surface area contributed by atoms with Crippen LogP contribution in [-0.4, -0.2) is 13.1 Å². The van der Waals surface area contributed by atoms with Crippen LogP contribution < -0.4 is 5.32 Å². The molecule has 0 saturated carbocycles. The lowest BCUT2D eigenvalue weighted by Crippen LogP contribution is -2.11. The van der Waals surface area contributed by atoms with Gasteiger partial charge in [-0.25, -0.2) is 4.39 Å². The zero-order valence-electron chi connectivity index (χ0n) is 10.3. The van der Waals surface area contributed by atoms with E-state index in [9.17, 15) is 4.39 Å². The predicted octanol–water partition coefficient (Wildman–Crippen LogP) is 4.18. The Bertz CT molecular complexity index is 514. The fourth-order valence-corrected chi connectivity index (χ4v) is 2.56. The summed E-state index contributed by atoms with van der Waals surface area (Å²) in [5.74, 6) is -0.193. The van der Waals surface area contributed by atoms with E-state index in [-0.39, 0.29) is 5.82 Å². The molecule has 0 amide bonds. The fourth-order valence-electron chi connectivity index (χ4n) is 1.61. The normalized spacial score (nSPS) is 11.2. The largest absolute Gasteiger partial charge is 0.314 e. The molecule has 0 unspecified atom stereocenters. The van der Waals surface area contributed by atoms with Crippen molar-refractivity contribution in [3.05, 3.63) is 53.2 Å². The van der Waals surface area contributed by atoms with E-state index in [0.29, 0.717) is 0 Å². The second kappa shape index (κ2) is 6.47. The maximum atomic E-state index is 12.8. The molecule has 0 radical (unpaired) electrons. The molecule has 2 aromatic rings. The highest BCUT2D eigenvalue weighted by Gasteiger charge is 2.01. The zero-order valence-corrected chi connectivity index (χ0v) is 11.1. The summed E-state index contributed by atoms with van der Waals surface area (Å²) in [5.41, 5.74) is 1.06. The molecule has 2 rings (SSSR count). The minimum absolute atomic E-state index is 0.193. The predicted molar refractivity (Wildman–Crippen MR) is 77.3 cm³/mol. The number of rotatable bonds is 5. The van der Waals surface area contributed by atoms with Crippen molar-refractivity contribution >= 4 is 17.4 Å². The van der Waals surface area contributed by atoms with E-state index >= 15 is 0 Å². The van der Waals surface area contributed by atoms with Gasteiger partial charge < -0.3 is 5.32 Å². The maximum Gasteiger partial charge on any atom is 0.123 e. The second-order valence-electron chi connectivity index (χ2n) is 3.92. The fraction of sp³-hybridized carbons (Fsp3) is 0.200. The first kappa shape index (κ1) is 13.0. The van der Waals surface area contributed by atoms with Crippen LogP contribution in [0.5, 0.6) is 0 Å². The number of hydrogen-bond donors (Lipinski definition) is 1. The Labute approximate surface area is 111 Å². The van der Waals surface area contributed by atoms with Crippen molar-refractivity contribution in [3.8, 4) is 10.4 Å². The topological polar surface area (TPSA) is 12.0 Å². The van der Waals surface area contributed by atoms with E-state index in [1.807, 2.05) is 12.1 Å². The van der Waals surface area contributed by atoms with Gasteiger partial charge in [-0.15, -0.1) is 11.3 Å². The highest BCUT2D eigenvalue weighted by Crippen LogP contribution is 2.28. The van der Waals surface area contributed by atoms with Crippen molar-refractivity contribution in [2.75, 3.05) is 13.1 Å². The van der Waals surface area contributed by atoms with Crippen LogP contribution in [0.15, 0.2) is 42.5 Å². The molecule has 1 heterocycles. The lowest BCUT2D eigenvalue weighted by Gasteiger charge is -1.96. The molecule has 1 nitrogen and oxygen atoms in total. The first-order valence-electron chi connectivity index (χ1n) is 6.02. The number of thiophene rings is 1. The summed E-state index contributed by atoms with van der Waals surface area (Å²) in [6.45, 7) is 3.96. The first-order valence-corrected chi connectivity index (χ1v) is 6.84. The van der Waals surface area contributed by atoms with Gasteiger partial charge in [-0.1, -0.05) is 25.1 Å². The lowest BCUT2D eigenvalue weighted by atomic mass is 10.2. The standard InChI is InChI=1S/C15H16FNS/c1-2-17-11-3-4-14-9-10-15(18-14)12-5-7-13(16)8-6-12/h3-10,17H,2,11H2,1H3. The van der Waals surface area contributed by atoms with Crippen molar-refractivity contribution < 1.29 is 4.39 Å². The van der Waals surface area contributed by atoms with Crippen LogP contribution in [0.25, 0.3) is 16.5 Å². The van der Waals surface area contributed by atoms with Crippen LogP contribution >= 0.6 is 11.3 Å². The van der Waals surface area contributed by atoms with E-state index in [0.717, 1.165) is 23.5 Å². The van der Waals surface area contributed by atoms with Gasteiger partial charge in [-0.2, -0.15) is 0 Å². The molecule has 0 aliphatic rings. The summed E-state index contributed by atoms with van der Waals surface area (Å²) in [6.07, 6.45) is 4.23. The molecule has 18 heavy (non-hydrogen) atoms. The molecule has 0 aliphatic heterocycles. The Morgan fingerprint density at radius 2 is 1.94 bits per heavy atom. The monoisotopic (exact) mass is 261 g/mol. The highest BCUT2D eigenvalue weighted by molar-refractivity contribution is 7.16. The molecular formula is C15H16FNS. The van der Waals surface area contributed by atoms with Crippen LogP contribution in [0.4, 0.5) is 4.39 Å². The molecule has 0 fully saturated rings. The molecular weight excluding hydrogens is 245 g/mol. The van der Waals surface area contributed by atoms with Gasteiger partial charge in [-0.05, 0) is 42.4 Å². The number of nitrogens with one attached hydrogen (secondary N) is 1. The van der Waals surface area contributed by atoms with Gasteiger partial charge in [0.15, 0.2) is 0 Å². The zero-order chi connectivity index (χ0) is 12.8. The van der Waals surface area contributed by atoms with Gasteiger partial charge in [0.05, 0.1) is 0 Å². The SMILES string of the molecule is CCNCC=Cc1ccc(-c2ccc(F)cc2)s1. The van der Waals surface area contributed by atoms with Crippen molar-refractivity contribution in [3.63, 3.8) is 0 Å². The van der Waals surface area contributed by atoms with Gasteiger partial charge in [-0.3, -0.25) is 0 Å². The summed E-state index contributed by atoms with van der Waals surface area (Å²) in [7, 11) is 0. The van der Waals surface area contributed by atoms with Crippen LogP contribution in [0, 0.1) is 5.82 Å². The highest BCUT2D eigenvalue weighted by atomic mass is 32.1. The van der Waals surface area contributed by atoms with Gasteiger partial charge in [0.2, 0.25) is 0 Å². The summed E-state index contributed by atoms with van der Waals surface area (Å²) < 4.78 is 12.8. The molecule has 1 aromatic heterocycles. The quantitative estimate of drug-likeness (QED) is 0.796. The molecule has 1 N–H and O–H groups in total. The molecule has 1 aromatic carbocycles. The van der Waals surface area contributed by atoms with Gasteiger partial charge in [0.25, 0.3) is 0 Å². The maximum absolute atomic E-state index is 12.8. The summed E-state index contributed by atoms with van der Waals surface area (Å²) in [4.78, 5) is 2.38. The van der Waals surface area contributed by atoms with E-state index in [1.54, 1.807) is 11.3 Å². The Balaban J connectivity index is 2.06. The first-order chi connectivity index (χ1) is 8.79. The Morgan fingerprint density at radius 1 is 1.17 bits per heavy atom. The Morgan fingerprint density at radius 3 is 2.67 bits per heavy atom. The second-order valence-corrected chi connectivity index (χ2v) is 5.03. The van der Waals surface area contributed by atoms with E-state index < -0.39 is 0 Å². The summed E-state index contributed by atoms with van der Waals surface area (Å²) in [5, 5.41) is 3.24. The third-order valence-electron chi connectivity index (χ3n) is 2.55. The van der Waals surface area contributed by atoms with Crippen molar-refractivity contribution in [1.29, 1.82) is 0 Å². The third kappa shape index (κ3) is 3.52.